The van der Waals surface area contributed by atoms with Crippen LogP contribution in [0.15, 0.2) is 47.4 Å². The summed E-state index contributed by atoms with van der Waals surface area (Å²) < 4.78 is 1.45. The Morgan fingerprint density at radius 2 is 1.83 bits per heavy atom. The summed E-state index contributed by atoms with van der Waals surface area (Å²) in [4.78, 5) is 21.6. The van der Waals surface area contributed by atoms with Crippen LogP contribution in [0.25, 0.3) is 0 Å². The smallest absolute Gasteiger partial charge is 0.269 e. The Balaban J connectivity index is 2.26. The van der Waals surface area contributed by atoms with Crippen LogP contribution < -0.4 is 5.56 Å². The predicted octanol–water partition coefficient (Wildman–Crippen LogP) is 2.46. The van der Waals surface area contributed by atoms with E-state index in [4.69, 9.17) is 11.6 Å². The van der Waals surface area contributed by atoms with Gasteiger partial charge in [0, 0.05) is 24.4 Å². The second kappa shape index (κ2) is 5.01. The fourth-order valence-electron chi connectivity index (χ4n) is 1.55. The summed E-state index contributed by atoms with van der Waals surface area (Å²) in [5.41, 5.74) is 0.653. The molecule has 0 radical (unpaired) electrons. The Hall–Kier alpha value is -2.14. The molecule has 2 rings (SSSR count). The van der Waals surface area contributed by atoms with Gasteiger partial charge in [-0.25, -0.2) is 0 Å². The van der Waals surface area contributed by atoms with E-state index >= 15 is 0 Å². The topological polar surface area (TPSA) is 65.1 Å². The quantitative estimate of drug-likeness (QED) is 0.632. The zero-order chi connectivity index (χ0) is 13.1. The normalized spacial score (nSPS) is 10.3. The summed E-state index contributed by atoms with van der Waals surface area (Å²) in [5.74, 6) is 0. The minimum absolute atomic E-state index is 0.0252. The van der Waals surface area contributed by atoms with E-state index in [9.17, 15) is 14.9 Å². The van der Waals surface area contributed by atoms with Crippen molar-refractivity contribution in [2.45, 2.75) is 6.54 Å². The number of halogens is 1. The van der Waals surface area contributed by atoms with Crippen molar-refractivity contribution < 1.29 is 4.92 Å². The number of hydrogen-bond donors (Lipinski definition) is 0. The van der Waals surface area contributed by atoms with Crippen molar-refractivity contribution >= 4 is 17.3 Å². The predicted molar refractivity (Wildman–Crippen MR) is 67.9 cm³/mol. The van der Waals surface area contributed by atoms with Crippen LogP contribution in [0, 0.1) is 10.1 Å². The minimum atomic E-state index is -0.463. The first kappa shape index (κ1) is 12.3. The highest BCUT2D eigenvalue weighted by atomic mass is 35.5. The van der Waals surface area contributed by atoms with Crippen molar-refractivity contribution in [2.75, 3.05) is 0 Å². The highest BCUT2D eigenvalue weighted by molar-refractivity contribution is 6.30. The maximum Gasteiger partial charge on any atom is 0.269 e. The molecule has 0 saturated heterocycles. The molecule has 92 valence electrons. The third kappa shape index (κ3) is 2.75. The van der Waals surface area contributed by atoms with E-state index in [1.807, 2.05) is 0 Å². The van der Waals surface area contributed by atoms with Crippen LogP contribution in [0.1, 0.15) is 5.56 Å². The molecule has 0 aliphatic heterocycles. The number of benzene rings is 1. The fraction of sp³-hybridized carbons (Fsp3) is 0.0833. The monoisotopic (exact) mass is 264 g/mol. The number of nitrogens with zero attached hydrogens (tertiary/aromatic N) is 2. The molecule has 2 aromatic rings. The number of nitro groups is 1. The first-order valence-corrected chi connectivity index (χ1v) is 5.53. The zero-order valence-electron chi connectivity index (χ0n) is 9.25. The molecule has 0 spiro atoms. The summed E-state index contributed by atoms with van der Waals surface area (Å²) in [6, 6.07) is 8.96. The molecule has 1 heterocycles. The van der Waals surface area contributed by atoms with Crippen LogP contribution in [0.3, 0.4) is 0 Å². The Labute approximate surface area is 107 Å². The van der Waals surface area contributed by atoms with Crippen LogP contribution >= 0.6 is 11.6 Å². The summed E-state index contributed by atoms with van der Waals surface area (Å²) in [6.07, 6.45) is 1.53. The van der Waals surface area contributed by atoms with Crippen molar-refractivity contribution in [2.24, 2.45) is 0 Å². The lowest BCUT2D eigenvalue weighted by Gasteiger charge is -2.05. The van der Waals surface area contributed by atoms with Crippen molar-refractivity contribution in [3.8, 4) is 0 Å². The second-order valence-corrected chi connectivity index (χ2v) is 4.17. The molecular formula is C12H9ClN2O3. The van der Waals surface area contributed by atoms with Crippen LogP contribution in [0.5, 0.6) is 0 Å². The summed E-state index contributed by atoms with van der Waals surface area (Å²) >= 11 is 5.80. The average molecular weight is 265 g/mol. The molecule has 1 aromatic heterocycles. The van der Waals surface area contributed by atoms with E-state index in [1.54, 1.807) is 12.1 Å². The molecule has 0 saturated carbocycles. The van der Waals surface area contributed by atoms with Crippen LogP contribution in [-0.2, 0) is 6.54 Å². The third-order valence-corrected chi connectivity index (χ3v) is 2.67. The van der Waals surface area contributed by atoms with Crippen LogP contribution in [0.2, 0.25) is 5.02 Å². The largest absolute Gasteiger partial charge is 0.310 e. The molecule has 18 heavy (non-hydrogen) atoms. The SMILES string of the molecule is O=c1ccc(Cl)cn1Cc1ccc([N+](=O)[O-])cc1. The zero-order valence-corrected chi connectivity index (χ0v) is 10.0. The number of rotatable bonds is 3. The van der Waals surface area contributed by atoms with Gasteiger partial charge in [0.15, 0.2) is 0 Å². The third-order valence-electron chi connectivity index (χ3n) is 2.45. The van der Waals surface area contributed by atoms with Crippen molar-refractivity contribution in [1.82, 2.24) is 4.57 Å². The van der Waals surface area contributed by atoms with Gasteiger partial charge in [-0.05, 0) is 11.6 Å². The van der Waals surface area contributed by atoms with E-state index < -0.39 is 4.92 Å². The van der Waals surface area contributed by atoms with Gasteiger partial charge in [0.25, 0.3) is 11.2 Å². The van der Waals surface area contributed by atoms with Gasteiger partial charge in [-0.1, -0.05) is 23.7 Å². The first-order valence-electron chi connectivity index (χ1n) is 5.15. The first-order chi connectivity index (χ1) is 8.56. The average Bonchev–Trinajstić information content (AvgIpc) is 2.34. The highest BCUT2D eigenvalue weighted by Crippen LogP contribution is 2.13. The van der Waals surface area contributed by atoms with Crippen molar-refractivity contribution in [1.29, 1.82) is 0 Å². The number of hydrogen-bond acceptors (Lipinski definition) is 3. The molecule has 5 nitrogen and oxygen atoms in total. The second-order valence-electron chi connectivity index (χ2n) is 3.74. The van der Waals surface area contributed by atoms with E-state index in [1.165, 1.54) is 35.0 Å². The lowest BCUT2D eigenvalue weighted by Crippen LogP contribution is -2.18. The molecule has 0 aliphatic carbocycles. The summed E-state index contributed by atoms with van der Waals surface area (Å²) in [7, 11) is 0. The van der Waals surface area contributed by atoms with Crippen molar-refractivity contribution in [3.63, 3.8) is 0 Å². The number of pyridine rings is 1. The highest BCUT2D eigenvalue weighted by Gasteiger charge is 2.05. The van der Waals surface area contributed by atoms with Crippen molar-refractivity contribution in [3.05, 3.63) is 73.6 Å². The van der Waals surface area contributed by atoms with Gasteiger partial charge in [-0.2, -0.15) is 0 Å². The molecule has 0 aliphatic rings. The van der Waals surface area contributed by atoms with Crippen LogP contribution in [-0.4, -0.2) is 9.49 Å². The molecule has 0 N–H and O–H groups in total. The molecular weight excluding hydrogens is 256 g/mol. The van der Waals surface area contributed by atoms with Gasteiger partial charge in [0.2, 0.25) is 0 Å². The minimum Gasteiger partial charge on any atom is -0.310 e. The molecule has 0 amide bonds. The molecule has 0 bridgehead atoms. The Bertz CT molecular complexity index is 635. The number of non-ortho nitro benzene ring substituents is 1. The Morgan fingerprint density at radius 3 is 2.44 bits per heavy atom. The van der Waals surface area contributed by atoms with E-state index in [2.05, 4.69) is 0 Å². The molecule has 0 atom stereocenters. The Morgan fingerprint density at radius 1 is 1.17 bits per heavy atom. The number of nitro benzene ring substituents is 1. The van der Waals surface area contributed by atoms with E-state index in [0.29, 0.717) is 11.6 Å². The summed E-state index contributed by atoms with van der Waals surface area (Å²) in [5, 5.41) is 11.0. The lowest BCUT2D eigenvalue weighted by atomic mass is 10.2. The maximum absolute atomic E-state index is 11.5. The van der Waals surface area contributed by atoms with Gasteiger partial charge in [0.05, 0.1) is 16.5 Å². The fourth-order valence-corrected chi connectivity index (χ4v) is 1.73. The van der Waals surface area contributed by atoms with E-state index in [-0.39, 0.29) is 11.2 Å². The van der Waals surface area contributed by atoms with Gasteiger partial charge in [-0.3, -0.25) is 14.9 Å². The maximum atomic E-state index is 11.5. The van der Waals surface area contributed by atoms with Gasteiger partial charge >= 0.3 is 0 Å². The molecule has 6 heteroatoms. The summed E-state index contributed by atoms with van der Waals surface area (Å²) in [6.45, 7) is 0.331. The molecule has 0 unspecified atom stereocenters. The number of aromatic nitrogens is 1. The Kier molecular flexibility index (Phi) is 3.43. The molecule has 1 aromatic carbocycles. The van der Waals surface area contributed by atoms with Gasteiger partial charge in [-0.15, -0.1) is 0 Å². The van der Waals surface area contributed by atoms with Crippen LogP contribution in [0.4, 0.5) is 5.69 Å². The standard InChI is InChI=1S/C12H9ClN2O3/c13-10-3-6-12(16)14(8-10)7-9-1-4-11(5-2-9)15(17)18/h1-6,8H,7H2. The molecule has 0 fully saturated rings. The lowest BCUT2D eigenvalue weighted by molar-refractivity contribution is -0.384. The van der Waals surface area contributed by atoms with E-state index in [0.717, 1.165) is 5.56 Å². The van der Waals surface area contributed by atoms with Gasteiger partial charge in [0.1, 0.15) is 0 Å². The van der Waals surface area contributed by atoms with Gasteiger partial charge < -0.3 is 4.57 Å².